The highest BCUT2D eigenvalue weighted by Crippen LogP contribution is 2.49. The lowest BCUT2D eigenvalue weighted by Gasteiger charge is -2.44. The first-order valence-electron chi connectivity index (χ1n) is 10.8. The van der Waals surface area contributed by atoms with E-state index in [1.165, 1.54) is 36.4 Å². The number of benzene rings is 3. The topological polar surface area (TPSA) is 43.8 Å². The molecule has 0 saturated carbocycles. The molecule has 0 radical (unpaired) electrons. The summed E-state index contributed by atoms with van der Waals surface area (Å²) in [6.45, 7) is 0.561. The summed E-state index contributed by atoms with van der Waals surface area (Å²) >= 11 is 0. The van der Waals surface area contributed by atoms with Crippen molar-refractivity contribution in [1.29, 1.82) is 0 Å². The third-order valence-corrected chi connectivity index (χ3v) is 6.88. The minimum atomic E-state index is -0.380. The largest absolute Gasteiger partial charge is 0.394 e. The summed E-state index contributed by atoms with van der Waals surface area (Å²) in [5.74, 6) is -0.735. The molecule has 3 aromatic carbocycles. The standard InChI is InChI=1S/C26H24F2N2O2/c1-29-23-11-6-18(16-2-7-19(27)8-3-16)14-22(23)25-21(24(29)15-31)12-13-30(25)26(32)17-4-9-20(28)10-5-17/h2-11,14,21,24-25,31H,12-13,15H2,1H3/t21-,24-,25-/m1/s1. The van der Waals surface area contributed by atoms with Crippen LogP contribution in [0, 0.1) is 17.6 Å². The quantitative estimate of drug-likeness (QED) is 0.653. The summed E-state index contributed by atoms with van der Waals surface area (Å²) in [5.41, 5.74) is 4.27. The number of carbonyl (C=O) groups excluding carboxylic acids is 1. The van der Waals surface area contributed by atoms with Crippen LogP contribution in [0.2, 0.25) is 0 Å². The van der Waals surface area contributed by atoms with Crippen molar-refractivity contribution in [2.75, 3.05) is 25.1 Å². The summed E-state index contributed by atoms with van der Waals surface area (Å²) in [5, 5.41) is 10.1. The molecule has 2 aliphatic heterocycles. The average Bonchev–Trinajstić information content (AvgIpc) is 3.25. The first kappa shape index (κ1) is 20.6. The van der Waals surface area contributed by atoms with E-state index in [0.29, 0.717) is 12.1 Å². The van der Waals surface area contributed by atoms with Crippen LogP contribution in [0.4, 0.5) is 14.5 Å². The minimum absolute atomic E-state index is 0.00456. The molecule has 3 atom stereocenters. The SMILES string of the molecule is CN1c2ccc(-c3ccc(F)cc3)cc2[C@H]2[C@H](CCN2C(=O)c2ccc(F)cc2)[C@H]1CO. The zero-order chi connectivity index (χ0) is 22.4. The number of aliphatic hydroxyl groups is 1. The number of carbonyl (C=O) groups is 1. The molecule has 3 aromatic rings. The Morgan fingerprint density at radius 2 is 1.59 bits per heavy atom. The number of rotatable bonds is 3. The Balaban J connectivity index is 1.59. The number of aliphatic hydroxyl groups excluding tert-OH is 1. The lowest BCUT2D eigenvalue weighted by atomic mass is 9.81. The number of fused-ring (bicyclic) bond motifs is 3. The molecular formula is C26H24F2N2O2. The van der Waals surface area contributed by atoms with Crippen LogP contribution in [0.15, 0.2) is 66.7 Å². The van der Waals surface area contributed by atoms with E-state index in [-0.39, 0.29) is 42.2 Å². The van der Waals surface area contributed by atoms with Crippen molar-refractivity contribution in [3.05, 3.63) is 89.5 Å². The smallest absolute Gasteiger partial charge is 0.254 e. The highest BCUT2D eigenvalue weighted by atomic mass is 19.1. The molecule has 1 N–H and O–H groups in total. The maximum absolute atomic E-state index is 13.4. The number of nitrogens with zero attached hydrogens (tertiary/aromatic N) is 2. The van der Waals surface area contributed by atoms with Gasteiger partial charge in [0.15, 0.2) is 0 Å². The number of amides is 1. The first-order valence-corrected chi connectivity index (χ1v) is 10.8. The third-order valence-electron chi connectivity index (χ3n) is 6.88. The van der Waals surface area contributed by atoms with Crippen LogP contribution in [0.5, 0.6) is 0 Å². The van der Waals surface area contributed by atoms with Crippen LogP contribution in [0.3, 0.4) is 0 Å². The van der Waals surface area contributed by atoms with Crippen LogP contribution in [-0.4, -0.2) is 42.2 Å². The molecule has 0 spiro atoms. The number of anilines is 1. The summed E-state index contributed by atoms with van der Waals surface area (Å²) in [6.07, 6.45) is 0.771. The van der Waals surface area contributed by atoms with Gasteiger partial charge in [-0.3, -0.25) is 4.79 Å². The maximum atomic E-state index is 13.4. The van der Waals surface area contributed by atoms with Gasteiger partial charge in [0.25, 0.3) is 5.91 Å². The van der Waals surface area contributed by atoms with Crippen LogP contribution in [0.25, 0.3) is 11.1 Å². The molecule has 2 aliphatic rings. The van der Waals surface area contributed by atoms with Crippen LogP contribution in [-0.2, 0) is 0 Å². The Kier molecular flexibility index (Phi) is 5.18. The summed E-state index contributed by atoms with van der Waals surface area (Å²) in [4.78, 5) is 17.3. The van der Waals surface area contributed by atoms with Crippen LogP contribution in [0.1, 0.15) is 28.4 Å². The zero-order valence-electron chi connectivity index (χ0n) is 17.7. The van der Waals surface area contributed by atoms with E-state index in [0.717, 1.165) is 28.8 Å². The van der Waals surface area contributed by atoms with E-state index in [9.17, 15) is 18.7 Å². The average molecular weight is 434 g/mol. The van der Waals surface area contributed by atoms with E-state index in [1.54, 1.807) is 12.1 Å². The van der Waals surface area contributed by atoms with Gasteiger partial charge >= 0.3 is 0 Å². The molecule has 0 aromatic heterocycles. The number of likely N-dealkylation sites (tertiary alicyclic amines) is 1. The molecule has 1 fully saturated rings. The Labute approximate surface area is 185 Å². The van der Waals surface area contributed by atoms with Crippen molar-refractivity contribution < 1.29 is 18.7 Å². The number of hydrogen-bond acceptors (Lipinski definition) is 3. The van der Waals surface area contributed by atoms with Crippen molar-refractivity contribution in [1.82, 2.24) is 4.90 Å². The van der Waals surface area contributed by atoms with Crippen molar-refractivity contribution in [3.63, 3.8) is 0 Å². The van der Waals surface area contributed by atoms with Crippen LogP contribution >= 0.6 is 0 Å². The fourth-order valence-electron chi connectivity index (χ4n) is 5.26. The molecule has 4 nitrogen and oxygen atoms in total. The minimum Gasteiger partial charge on any atom is -0.394 e. The predicted molar refractivity (Wildman–Crippen MR) is 119 cm³/mol. The molecule has 0 bridgehead atoms. The Bertz CT molecular complexity index is 1150. The van der Waals surface area contributed by atoms with E-state index >= 15 is 0 Å². The molecule has 6 heteroatoms. The van der Waals surface area contributed by atoms with E-state index < -0.39 is 0 Å². The Morgan fingerprint density at radius 1 is 0.969 bits per heavy atom. The Morgan fingerprint density at radius 3 is 2.25 bits per heavy atom. The van der Waals surface area contributed by atoms with Gasteiger partial charge in [-0.05, 0) is 71.6 Å². The van der Waals surface area contributed by atoms with Gasteiger partial charge in [-0.25, -0.2) is 8.78 Å². The van der Waals surface area contributed by atoms with Gasteiger partial charge in [-0.15, -0.1) is 0 Å². The van der Waals surface area contributed by atoms with E-state index in [1.807, 2.05) is 24.1 Å². The fourth-order valence-corrected chi connectivity index (χ4v) is 5.26. The maximum Gasteiger partial charge on any atom is 0.254 e. The van der Waals surface area contributed by atoms with Gasteiger partial charge in [0.2, 0.25) is 0 Å². The van der Waals surface area contributed by atoms with Crippen molar-refractivity contribution >= 4 is 11.6 Å². The van der Waals surface area contributed by atoms with Gasteiger partial charge < -0.3 is 14.9 Å². The zero-order valence-corrected chi connectivity index (χ0v) is 17.7. The third kappa shape index (κ3) is 3.35. The van der Waals surface area contributed by atoms with Crippen molar-refractivity contribution in [2.24, 2.45) is 5.92 Å². The summed E-state index contributed by atoms with van der Waals surface area (Å²) < 4.78 is 26.8. The lowest BCUT2D eigenvalue weighted by Crippen LogP contribution is -2.48. The van der Waals surface area contributed by atoms with Gasteiger partial charge in [-0.1, -0.05) is 18.2 Å². The molecule has 1 amide bonds. The van der Waals surface area contributed by atoms with E-state index in [2.05, 4.69) is 11.0 Å². The molecule has 0 unspecified atom stereocenters. The normalized spacial score (nSPS) is 21.9. The molecule has 0 aliphatic carbocycles. The van der Waals surface area contributed by atoms with Crippen molar-refractivity contribution in [3.8, 4) is 11.1 Å². The fraction of sp³-hybridized carbons (Fsp3) is 0.269. The molecule has 32 heavy (non-hydrogen) atoms. The highest BCUT2D eigenvalue weighted by molar-refractivity contribution is 5.95. The van der Waals surface area contributed by atoms with Gasteiger partial charge in [-0.2, -0.15) is 0 Å². The number of halogens is 2. The monoisotopic (exact) mass is 434 g/mol. The lowest BCUT2D eigenvalue weighted by molar-refractivity contribution is 0.0694. The number of likely N-dealkylation sites (N-methyl/N-ethyl adjacent to an activating group) is 1. The highest BCUT2D eigenvalue weighted by Gasteiger charge is 2.47. The second kappa shape index (κ2) is 8.02. The van der Waals surface area contributed by atoms with Crippen molar-refractivity contribution in [2.45, 2.75) is 18.5 Å². The second-order valence-electron chi connectivity index (χ2n) is 8.54. The van der Waals surface area contributed by atoms with Gasteiger partial charge in [0.1, 0.15) is 11.6 Å². The Hall–Kier alpha value is -3.25. The molecule has 1 saturated heterocycles. The predicted octanol–water partition coefficient (Wildman–Crippen LogP) is 4.65. The van der Waals surface area contributed by atoms with Gasteiger partial charge in [0.05, 0.1) is 18.7 Å². The van der Waals surface area contributed by atoms with E-state index in [4.69, 9.17) is 0 Å². The molecule has 5 rings (SSSR count). The first-order chi connectivity index (χ1) is 15.5. The van der Waals surface area contributed by atoms with Gasteiger partial charge in [0, 0.05) is 30.8 Å². The molecule has 2 heterocycles. The number of hydrogen-bond donors (Lipinski definition) is 1. The molecule has 164 valence electrons. The van der Waals surface area contributed by atoms with Crippen LogP contribution < -0.4 is 4.90 Å². The second-order valence-corrected chi connectivity index (χ2v) is 8.54. The summed E-state index contributed by atoms with van der Waals surface area (Å²) in [7, 11) is 1.97. The molecular weight excluding hydrogens is 410 g/mol. The summed E-state index contributed by atoms with van der Waals surface area (Å²) in [6, 6.07) is 17.7.